The Morgan fingerprint density at radius 1 is 1.36 bits per heavy atom. The van der Waals surface area contributed by atoms with E-state index in [0.29, 0.717) is 6.42 Å². The zero-order valence-corrected chi connectivity index (χ0v) is 8.33. The number of fused-ring (bicyclic) bond motifs is 1. The molecule has 0 saturated carbocycles. The van der Waals surface area contributed by atoms with Crippen LogP contribution < -0.4 is 0 Å². The molecule has 0 atom stereocenters. The van der Waals surface area contributed by atoms with Crippen LogP contribution in [0.1, 0.15) is 6.42 Å². The van der Waals surface area contributed by atoms with Crippen molar-refractivity contribution in [2.45, 2.75) is 13.0 Å². The standard InChI is InChI=1S/C11H9ClN2/c12-10-2-3-11-9(8-10)4-7-14(11)6-1-5-13/h2-4,7-8H,1,6H2. The molecule has 0 unspecified atom stereocenters. The number of aryl methyl sites for hydroxylation is 1. The zero-order valence-electron chi connectivity index (χ0n) is 7.57. The van der Waals surface area contributed by atoms with Gasteiger partial charge in [0.25, 0.3) is 0 Å². The van der Waals surface area contributed by atoms with E-state index in [9.17, 15) is 0 Å². The Labute approximate surface area is 87.3 Å². The third-order valence-corrected chi connectivity index (χ3v) is 2.43. The van der Waals surface area contributed by atoms with Crippen molar-refractivity contribution in [3.8, 4) is 6.07 Å². The molecule has 2 aromatic rings. The molecule has 0 aliphatic carbocycles. The zero-order chi connectivity index (χ0) is 9.97. The van der Waals surface area contributed by atoms with Crippen LogP contribution in [0.5, 0.6) is 0 Å². The van der Waals surface area contributed by atoms with Crippen LogP contribution in [0.15, 0.2) is 30.5 Å². The SMILES string of the molecule is N#CCCn1ccc2cc(Cl)ccc21. The van der Waals surface area contributed by atoms with Crippen molar-refractivity contribution in [3.05, 3.63) is 35.5 Å². The summed E-state index contributed by atoms with van der Waals surface area (Å²) in [6.07, 6.45) is 2.52. The van der Waals surface area contributed by atoms with Gasteiger partial charge in [0, 0.05) is 28.7 Å². The third-order valence-electron chi connectivity index (χ3n) is 2.20. The van der Waals surface area contributed by atoms with Gasteiger partial charge < -0.3 is 4.57 Å². The molecule has 1 heterocycles. The molecule has 2 rings (SSSR count). The fourth-order valence-electron chi connectivity index (χ4n) is 1.54. The summed E-state index contributed by atoms with van der Waals surface area (Å²) in [6.45, 7) is 0.738. The van der Waals surface area contributed by atoms with Crippen molar-refractivity contribution in [1.82, 2.24) is 4.57 Å². The van der Waals surface area contributed by atoms with Crippen molar-refractivity contribution in [1.29, 1.82) is 5.26 Å². The molecular formula is C11H9ClN2. The van der Waals surface area contributed by atoms with Gasteiger partial charge in [-0.25, -0.2) is 0 Å². The van der Waals surface area contributed by atoms with Gasteiger partial charge in [-0.15, -0.1) is 0 Å². The lowest BCUT2D eigenvalue weighted by Crippen LogP contribution is -1.93. The van der Waals surface area contributed by atoms with Gasteiger partial charge in [-0.05, 0) is 24.3 Å². The minimum absolute atomic E-state index is 0.534. The maximum absolute atomic E-state index is 8.50. The second-order valence-corrected chi connectivity index (χ2v) is 3.56. The summed E-state index contributed by atoms with van der Waals surface area (Å²) in [4.78, 5) is 0. The van der Waals surface area contributed by atoms with Crippen LogP contribution in [0.2, 0.25) is 5.02 Å². The van der Waals surface area contributed by atoms with Crippen molar-refractivity contribution >= 4 is 22.5 Å². The molecule has 70 valence electrons. The van der Waals surface area contributed by atoms with Crippen LogP contribution in [-0.4, -0.2) is 4.57 Å². The highest BCUT2D eigenvalue weighted by Crippen LogP contribution is 2.20. The van der Waals surface area contributed by atoms with E-state index in [2.05, 4.69) is 10.6 Å². The number of halogens is 1. The smallest absolute Gasteiger partial charge is 0.0640 e. The van der Waals surface area contributed by atoms with Gasteiger partial charge in [0.05, 0.1) is 12.5 Å². The highest BCUT2D eigenvalue weighted by atomic mass is 35.5. The summed E-state index contributed by atoms with van der Waals surface area (Å²) >= 11 is 5.87. The highest BCUT2D eigenvalue weighted by Gasteiger charge is 2.00. The monoisotopic (exact) mass is 204 g/mol. The van der Waals surface area contributed by atoms with E-state index < -0.39 is 0 Å². The van der Waals surface area contributed by atoms with Gasteiger partial charge >= 0.3 is 0 Å². The number of nitriles is 1. The molecule has 1 aromatic heterocycles. The van der Waals surface area contributed by atoms with Crippen LogP contribution in [0.25, 0.3) is 10.9 Å². The average molecular weight is 205 g/mol. The van der Waals surface area contributed by atoms with Crippen molar-refractivity contribution in [2.75, 3.05) is 0 Å². The molecule has 0 saturated heterocycles. The first-order valence-electron chi connectivity index (χ1n) is 4.42. The Morgan fingerprint density at radius 2 is 2.21 bits per heavy atom. The molecule has 0 fully saturated rings. The molecule has 0 amide bonds. The van der Waals surface area contributed by atoms with Crippen LogP contribution in [0, 0.1) is 11.3 Å². The Hall–Kier alpha value is -1.46. The van der Waals surface area contributed by atoms with Gasteiger partial charge in [0.15, 0.2) is 0 Å². The van der Waals surface area contributed by atoms with Gasteiger partial charge in [0.1, 0.15) is 0 Å². The lowest BCUT2D eigenvalue weighted by atomic mass is 10.2. The molecule has 0 spiro atoms. The van der Waals surface area contributed by atoms with E-state index in [0.717, 1.165) is 22.5 Å². The number of benzene rings is 1. The molecule has 0 N–H and O–H groups in total. The van der Waals surface area contributed by atoms with E-state index in [-0.39, 0.29) is 0 Å². The Bertz CT molecular complexity index is 493. The fourth-order valence-corrected chi connectivity index (χ4v) is 1.72. The molecule has 0 bridgehead atoms. The van der Waals surface area contributed by atoms with E-state index in [1.165, 1.54) is 0 Å². The van der Waals surface area contributed by atoms with E-state index in [1.807, 2.05) is 30.5 Å². The lowest BCUT2D eigenvalue weighted by molar-refractivity contribution is 0.744. The van der Waals surface area contributed by atoms with Crippen molar-refractivity contribution < 1.29 is 0 Å². The number of rotatable bonds is 2. The average Bonchev–Trinajstić information content (AvgIpc) is 2.57. The van der Waals surface area contributed by atoms with E-state index in [4.69, 9.17) is 16.9 Å². The third kappa shape index (κ3) is 1.59. The quantitative estimate of drug-likeness (QED) is 0.739. The van der Waals surface area contributed by atoms with Gasteiger partial charge in [-0.3, -0.25) is 0 Å². The fraction of sp³-hybridized carbons (Fsp3) is 0.182. The van der Waals surface area contributed by atoms with Crippen molar-refractivity contribution in [2.24, 2.45) is 0 Å². The molecule has 0 aliphatic heterocycles. The summed E-state index contributed by atoms with van der Waals surface area (Å²) in [5, 5.41) is 10.4. The maximum atomic E-state index is 8.50. The number of nitrogens with zero attached hydrogens (tertiary/aromatic N) is 2. The molecule has 3 heteroatoms. The largest absolute Gasteiger partial charge is 0.346 e. The summed E-state index contributed by atoms with van der Waals surface area (Å²) in [5.74, 6) is 0. The minimum atomic E-state index is 0.534. The molecule has 0 aliphatic rings. The van der Waals surface area contributed by atoms with Gasteiger partial charge in [-0.2, -0.15) is 5.26 Å². The van der Waals surface area contributed by atoms with Gasteiger partial charge in [0.2, 0.25) is 0 Å². The molecule has 14 heavy (non-hydrogen) atoms. The first kappa shape index (κ1) is 9.11. The van der Waals surface area contributed by atoms with Crippen LogP contribution in [0.4, 0.5) is 0 Å². The molecule has 1 aromatic carbocycles. The molecule has 2 nitrogen and oxygen atoms in total. The predicted molar refractivity (Wildman–Crippen MR) is 57.2 cm³/mol. The Morgan fingerprint density at radius 3 is 3.00 bits per heavy atom. The number of hydrogen-bond donors (Lipinski definition) is 0. The second-order valence-electron chi connectivity index (χ2n) is 3.12. The number of hydrogen-bond acceptors (Lipinski definition) is 1. The summed E-state index contributed by atoms with van der Waals surface area (Å²) in [7, 11) is 0. The first-order valence-corrected chi connectivity index (χ1v) is 4.80. The topological polar surface area (TPSA) is 28.7 Å². The summed E-state index contributed by atoms with van der Waals surface area (Å²) in [5.41, 5.74) is 1.13. The van der Waals surface area contributed by atoms with Crippen LogP contribution in [0.3, 0.4) is 0 Å². The Balaban J connectivity index is 2.43. The minimum Gasteiger partial charge on any atom is -0.346 e. The van der Waals surface area contributed by atoms with Crippen LogP contribution in [-0.2, 0) is 6.54 Å². The van der Waals surface area contributed by atoms with Gasteiger partial charge in [-0.1, -0.05) is 11.6 Å². The normalized spacial score (nSPS) is 10.3. The molecule has 0 radical (unpaired) electrons. The number of aromatic nitrogens is 1. The lowest BCUT2D eigenvalue weighted by Gasteiger charge is -2.01. The first-order chi connectivity index (χ1) is 6.81. The van der Waals surface area contributed by atoms with E-state index >= 15 is 0 Å². The summed E-state index contributed by atoms with van der Waals surface area (Å²) < 4.78 is 2.06. The van der Waals surface area contributed by atoms with Crippen LogP contribution >= 0.6 is 11.6 Å². The molecular weight excluding hydrogens is 196 g/mol. The highest BCUT2D eigenvalue weighted by molar-refractivity contribution is 6.31. The Kier molecular flexibility index (Phi) is 2.43. The maximum Gasteiger partial charge on any atom is 0.0640 e. The second kappa shape index (κ2) is 3.73. The van der Waals surface area contributed by atoms with E-state index in [1.54, 1.807) is 0 Å². The van der Waals surface area contributed by atoms with Crippen molar-refractivity contribution in [3.63, 3.8) is 0 Å². The summed E-state index contributed by atoms with van der Waals surface area (Å²) in [6, 6.07) is 9.93. The predicted octanol–water partition coefficient (Wildman–Crippen LogP) is 3.21.